The number of ether oxygens (including phenoxy) is 1. The summed E-state index contributed by atoms with van der Waals surface area (Å²) in [6.45, 7) is 4.16. The van der Waals surface area contributed by atoms with Crippen molar-refractivity contribution in [2.24, 2.45) is 11.3 Å². The number of likely N-dealkylation sites (N-methyl/N-ethyl adjacent to an activating group) is 1. The largest absolute Gasteiger partial charge is 0.389 e. The Morgan fingerprint density at radius 1 is 1.14 bits per heavy atom. The molecular weight excluding hydrogens is 476 g/mol. The Morgan fingerprint density at radius 3 is 2.68 bits per heavy atom. The lowest BCUT2D eigenvalue weighted by molar-refractivity contribution is -0.347. The van der Waals surface area contributed by atoms with Crippen molar-refractivity contribution in [1.82, 2.24) is 14.9 Å². The van der Waals surface area contributed by atoms with Crippen LogP contribution in [-0.4, -0.2) is 80.0 Å². The summed E-state index contributed by atoms with van der Waals surface area (Å²) in [7, 11) is 3.64. The van der Waals surface area contributed by atoms with Crippen molar-refractivity contribution in [2.45, 2.75) is 99.6 Å². The van der Waals surface area contributed by atoms with Crippen molar-refractivity contribution < 1.29 is 23.7 Å². The van der Waals surface area contributed by atoms with Gasteiger partial charge in [0.15, 0.2) is 5.67 Å². The van der Waals surface area contributed by atoms with Gasteiger partial charge in [0, 0.05) is 18.4 Å². The molecule has 2 aliphatic heterocycles. The van der Waals surface area contributed by atoms with E-state index in [1.165, 1.54) is 5.57 Å². The standard InChI is InChI=1S/C29H37F2N3O3/c1-16-32-19-7-5-17(13-20(19)33-16)18-6-8-22-25(18,2)9-10-26(30)15-28(31)24(36)23(35)21(34(3)4)14-27(28)11-12-29(22,26)37-27/h5-7,13,21-24,35-36H,8-12,14-15H2,1-4H3,(H,32,33)/t21-,22?,23+,24-,25+,26?,27+,28?,29-/m0/s1. The highest BCUT2D eigenvalue weighted by Crippen LogP contribution is 2.74. The Kier molecular flexibility index (Phi) is 4.71. The monoisotopic (exact) mass is 513 g/mol. The van der Waals surface area contributed by atoms with Crippen molar-refractivity contribution in [1.29, 1.82) is 0 Å². The number of aliphatic hydroxyl groups excluding tert-OH is 2. The Balaban J connectivity index is 1.29. The van der Waals surface area contributed by atoms with Crippen molar-refractivity contribution >= 4 is 16.6 Å². The zero-order valence-electron chi connectivity index (χ0n) is 22.0. The number of rotatable bonds is 2. The molecule has 37 heavy (non-hydrogen) atoms. The summed E-state index contributed by atoms with van der Waals surface area (Å²) in [6, 6.07) is 5.80. The molecular formula is C29H37F2N3O3. The molecule has 7 rings (SSSR count). The van der Waals surface area contributed by atoms with Crippen molar-refractivity contribution in [2.75, 3.05) is 14.1 Å². The average Bonchev–Trinajstić information content (AvgIpc) is 3.50. The zero-order valence-corrected chi connectivity index (χ0v) is 22.0. The van der Waals surface area contributed by atoms with E-state index in [0.717, 1.165) is 22.4 Å². The van der Waals surface area contributed by atoms with Crippen LogP contribution in [0.3, 0.4) is 0 Å². The topological polar surface area (TPSA) is 81.6 Å². The highest BCUT2D eigenvalue weighted by molar-refractivity contribution is 5.83. The van der Waals surface area contributed by atoms with Crippen LogP contribution in [0.15, 0.2) is 24.3 Å². The number of hydrogen-bond acceptors (Lipinski definition) is 5. The van der Waals surface area contributed by atoms with Crippen molar-refractivity contribution in [3.05, 3.63) is 35.7 Å². The minimum Gasteiger partial charge on any atom is -0.389 e. The number of aryl methyl sites for hydroxylation is 1. The van der Waals surface area contributed by atoms with Gasteiger partial charge in [-0.3, -0.25) is 0 Å². The van der Waals surface area contributed by atoms with Crippen LogP contribution in [-0.2, 0) is 4.74 Å². The number of nitrogens with one attached hydrogen (secondary N) is 1. The summed E-state index contributed by atoms with van der Waals surface area (Å²) in [4.78, 5) is 9.67. The second kappa shape index (κ2) is 7.20. The van der Waals surface area contributed by atoms with Crippen molar-refractivity contribution in [3.63, 3.8) is 0 Å². The number of allylic oxidation sites excluding steroid dienone is 2. The lowest BCUT2D eigenvalue weighted by atomic mass is 9.51. The van der Waals surface area contributed by atoms with E-state index in [9.17, 15) is 10.2 Å². The summed E-state index contributed by atoms with van der Waals surface area (Å²) in [5, 5.41) is 21.9. The summed E-state index contributed by atoms with van der Waals surface area (Å²) < 4.78 is 40.9. The maximum absolute atomic E-state index is 17.2. The molecule has 2 bridgehead atoms. The van der Waals surface area contributed by atoms with Gasteiger partial charge in [-0.05, 0) is 88.2 Å². The molecule has 2 saturated carbocycles. The lowest BCUT2D eigenvalue weighted by Crippen LogP contribution is -2.78. The van der Waals surface area contributed by atoms with Crippen LogP contribution < -0.4 is 0 Å². The Bertz CT molecular complexity index is 1330. The molecule has 2 saturated heterocycles. The van der Waals surface area contributed by atoms with Gasteiger partial charge >= 0.3 is 0 Å². The fourth-order valence-corrected chi connectivity index (χ4v) is 9.28. The maximum Gasteiger partial charge on any atom is 0.171 e. The molecule has 2 spiro atoms. The molecule has 0 radical (unpaired) electrons. The molecule has 6 nitrogen and oxygen atoms in total. The van der Waals surface area contributed by atoms with Crippen LogP contribution in [0.4, 0.5) is 8.78 Å². The minimum absolute atomic E-state index is 0.126. The summed E-state index contributed by atoms with van der Waals surface area (Å²) in [6.07, 6.45) is 1.29. The number of benzene rings is 1. The minimum atomic E-state index is -2.32. The van der Waals surface area contributed by atoms with Crippen LogP contribution >= 0.6 is 0 Å². The Morgan fingerprint density at radius 2 is 1.92 bits per heavy atom. The third-order valence-corrected chi connectivity index (χ3v) is 11.2. The van der Waals surface area contributed by atoms with E-state index in [-0.39, 0.29) is 24.2 Å². The number of halogens is 2. The number of H-pyrrole nitrogens is 1. The summed E-state index contributed by atoms with van der Waals surface area (Å²) >= 11 is 0. The smallest absolute Gasteiger partial charge is 0.171 e. The first kappa shape index (κ1) is 24.2. The number of alkyl halides is 2. The number of nitrogens with zero attached hydrogens (tertiary/aromatic N) is 2. The third kappa shape index (κ3) is 2.75. The van der Waals surface area contributed by atoms with Gasteiger partial charge in [0.2, 0.25) is 0 Å². The fourth-order valence-electron chi connectivity index (χ4n) is 9.28. The Hall–Kier alpha value is -1.87. The first-order valence-electron chi connectivity index (χ1n) is 13.7. The predicted molar refractivity (Wildman–Crippen MR) is 136 cm³/mol. The number of aromatic amines is 1. The number of imidazole rings is 1. The zero-order chi connectivity index (χ0) is 26.2. The molecule has 2 aromatic rings. The normalized spacial score (nSPS) is 48.6. The molecule has 3 heterocycles. The summed E-state index contributed by atoms with van der Waals surface area (Å²) in [5.74, 6) is 0.742. The highest BCUT2D eigenvalue weighted by atomic mass is 19.2. The second-order valence-corrected chi connectivity index (χ2v) is 13.0. The van der Waals surface area contributed by atoms with Crippen LogP contribution in [0.2, 0.25) is 0 Å². The highest BCUT2D eigenvalue weighted by Gasteiger charge is 2.82. The van der Waals surface area contributed by atoms with Gasteiger partial charge in [-0.15, -0.1) is 0 Å². The van der Waals surface area contributed by atoms with Crippen LogP contribution in [0.25, 0.3) is 16.6 Å². The van der Waals surface area contributed by atoms with Crippen LogP contribution in [0.5, 0.6) is 0 Å². The lowest BCUT2D eigenvalue weighted by Gasteiger charge is -2.65. The van der Waals surface area contributed by atoms with Crippen LogP contribution in [0.1, 0.15) is 63.3 Å². The molecule has 200 valence electrons. The molecule has 0 amide bonds. The SMILES string of the molecule is Cc1nc2ccc(C3=CCC4[C@@]56CC[C@]7(C[C@H](N(C)C)[C@@H](O)[C@H](O)C7(F)CC5(F)CC[C@]34C)O6)cc2[nH]1. The molecule has 4 fully saturated rings. The average molecular weight is 514 g/mol. The number of aromatic nitrogens is 2. The molecule has 8 heteroatoms. The Labute approximate surface area is 216 Å². The van der Waals surface area contributed by atoms with Crippen molar-refractivity contribution in [3.8, 4) is 0 Å². The van der Waals surface area contributed by atoms with Crippen LogP contribution in [0, 0.1) is 18.3 Å². The molecule has 3 aliphatic carbocycles. The second-order valence-electron chi connectivity index (χ2n) is 13.0. The van der Waals surface area contributed by atoms with Gasteiger partial charge in [-0.2, -0.15) is 0 Å². The van der Waals surface area contributed by atoms with E-state index in [0.29, 0.717) is 25.7 Å². The van der Waals surface area contributed by atoms with E-state index in [4.69, 9.17) is 4.74 Å². The first-order chi connectivity index (χ1) is 17.4. The van der Waals surface area contributed by atoms with Gasteiger partial charge in [-0.25, -0.2) is 13.8 Å². The molecule has 5 aliphatic rings. The molecule has 9 atom stereocenters. The first-order valence-corrected chi connectivity index (χ1v) is 13.7. The van der Waals surface area contributed by atoms with Gasteiger partial charge in [0.1, 0.15) is 28.8 Å². The number of aliphatic hydroxyl groups is 2. The van der Waals surface area contributed by atoms with Gasteiger partial charge in [0.25, 0.3) is 0 Å². The number of fused-ring (bicyclic) bond motifs is 2. The predicted octanol–water partition coefficient (Wildman–Crippen LogP) is 4.24. The molecule has 3 unspecified atom stereocenters. The quantitative estimate of drug-likeness (QED) is 0.560. The van der Waals surface area contributed by atoms with Gasteiger partial charge < -0.3 is 24.8 Å². The molecule has 1 aromatic carbocycles. The number of hydrogen-bond donors (Lipinski definition) is 3. The van der Waals surface area contributed by atoms with E-state index in [1.54, 1.807) is 0 Å². The van der Waals surface area contributed by atoms with Gasteiger partial charge in [-0.1, -0.05) is 19.1 Å². The van der Waals surface area contributed by atoms with E-state index >= 15 is 8.78 Å². The van der Waals surface area contributed by atoms with Gasteiger partial charge in [0.05, 0.1) is 17.1 Å². The van der Waals surface area contributed by atoms with E-state index in [2.05, 4.69) is 35.1 Å². The maximum atomic E-state index is 17.2. The van der Waals surface area contributed by atoms with E-state index < -0.39 is 47.2 Å². The van der Waals surface area contributed by atoms with E-state index in [1.807, 2.05) is 32.0 Å². The fraction of sp³-hybridized carbons (Fsp3) is 0.690. The third-order valence-electron chi connectivity index (χ3n) is 11.2. The molecule has 3 N–H and O–H groups in total. The molecule has 1 aromatic heterocycles. The summed E-state index contributed by atoms with van der Waals surface area (Å²) in [5.41, 5.74) is -2.72.